The summed E-state index contributed by atoms with van der Waals surface area (Å²) >= 11 is 11.9. The highest BCUT2D eigenvalue weighted by atomic mass is 35.5. The van der Waals surface area contributed by atoms with Gasteiger partial charge in [0.25, 0.3) is 0 Å². The minimum absolute atomic E-state index is 0.113. The summed E-state index contributed by atoms with van der Waals surface area (Å²) in [6, 6.07) is 5.22. The van der Waals surface area contributed by atoms with Gasteiger partial charge in [0.1, 0.15) is 12.9 Å². The Morgan fingerprint density at radius 2 is 2.09 bits per heavy atom. The van der Waals surface area contributed by atoms with Gasteiger partial charge in [0, 0.05) is 38.1 Å². The topological polar surface area (TPSA) is 56.5 Å². The third-order valence-corrected chi connectivity index (χ3v) is 3.99. The van der Waals surface area contributed by atoms with Crippen LogP contribution in [0, 0.1) is 0 Å². The molecule has 0 unspecified atom stereocenters. The summed E-state index contributed by atoms with van der Waals surface area (Å²) < 4.78 is 1.68. The van der Waals surface area contributed by atoms with E-state index in [1.54, 1.807) is 29.1 Å². The molecule has 122 valence electrons. The van der Waals surface area contributed by atoms with Gasteiger partial charge >= 0.3 is 0 Å². The van der Waals surface area contributed by atoms with Crippen molar-refractivity contribution in [2.24, 2.45) is 12.2 Å². The van der Waals surface area contributed by atoms with Gasteiger partial charge in [-0.3, -0.25) is 9.48 Å². The highest BCUT2D eigenvalue weighted by Gasteiger charge is 2.11. The Morgan fingerprint density at radius 3 is 2.70 bits per heavy atom. The third kappa shape index (κ3) is 5.08. The molecule has 1 aromatic heterocycles. The standard InChI is InChI=1S/C16H17Cl2N3O2/c1-21-10-11(9-19-21)7-13(22)4-6-16(20-23-2)12-3-5-14(17)15(18)8-12/h3,5,8-10H,4,6-7H2,1-2H3/b20-16-. The van der Waals surface area contributed by atoms with Crippen LogP contribution in [0.3, 0.4) is 0 Å². The fourth-order valence-corrected chi connectivity index (χ4v) is 2.46. The number of ketones is 1. The Balaban J connectivity index is 2.01. The maximum Gasteiger partial charge on any atom is 0.137 e. The molecule has 7 heteroatoms. The molecule has 0 spiro atoms. The van der Waals surface area contributed by atoms with Gasteiger partial charge < -0.3 is 4.84 Å². The van der Waals surface area contributed by atoms with Crippen molar-refractivity contribution in [3.8, 4) is 0 Å². The number of aryl methyl sites for hydroxylation is 1. The first-order valence-corrected chi connectivity index (χ1v) is 7.80. The van der Waals surface area contributed by atoms with Crippen LogP contribution >= 0.6 is 23.2 Å². The fourth-order valence-electron chi connectivity index (χ4n) is 2.17. The van der Waals surface area contributed by atoms with Crippen LogP contribution in [0.1, 0.15) is 24.0 Å². The summed E-state index contributed by atoms with van der Waals surface area (Å²) in [5, 5.41) is 8.96. The van der Waals surface area contributed by atoms with E-state index in [0.29, 0.717) is 35.0 Å². The Bertz CT molecular complexity index is 726. The zero-order chi connectivity index (χ0) is 16.8. The monoisotopic (exact) mass is 353 g/mol. The lowest BCUT2D eigenvalue weighted by molar-refractivity contribution is -0.118. The molecular weight excluding hydrogens is 337 g/mol. The first kappa shape index (κ1) is 17.5. The molecule has 0 saturated carbocycles. The molecule has 1 heterocycles. The molecule has 0 atom stereocenters. The number of rotatable bonds is 7. The van der Waals surface area contributed by atoms with E-state index in [0.717, 1.165) is 11.1 Å². The summed E-state index contributed by atoms with van der Waals surface area (Å²) in [6.07, 6.45) is 4.71. The molecule has 0 N–H and O–H groups in total. The maximum atomic E-state index is 12.1. The minimum Gasteiger partial charge on any atom is -0.399 e. The molecule has 0 amide bonds. The number of oxime groups is 1. The van der Waals surface area contributed by atoms with Crippen molar-refractivity contribution in [3.63, 3.8) is 0 Å². The first-order chi connectivity index (χ1) is 11.0. The van der Waals surface area contributed by atoms with Gasteiger partial charge in [-0.05, 0) is 17.7 Å². The first-order valence-electron chi connectivity index (χ1n) is 7.04. The lowest BCUT2D eigenvalue weighted by atomic mass is 10.0. The highest BCUT2D eigenvalue weighted by Crippen LogP contribution is 2.23. The fraction of sp³-hybridized carbons (Fsp3) is 0.312. The van der Waals surface area contributed by atoms with Gasteiger partial charge in [-0.25, -0.2) is 0 Å². The number of carbonyl (C=O) groups is 1. The quantitative estimate of drug-likeness (QED) is 0.563. The minimum atomic E-state index is 0.113. The second-order valence-electron chi connectivity index (χ2n) is 5.09. The average molecular weight is 354 g/mol. The van der Waals surface area contributed by atoms with Gasteiger partial charge in [-0.15, -0.1) is 0 Å². The molecule has 2 aromatic rings. The summed E-state index contributed by atoms with van der Waals surface area (Å²) in [6.45, 7) is 0. The second-order valence-corrected chi connectivity index (χ2v) is 5.90. The Kier molecular flexibility index (Phi) is 6.19. The molecule has 0 aliphatic heterocycles. The van der Waals surface area contributed by atoms with E-state index >= 15 is 0 Å². The SMILES string of the molecule is CO/N=C(/CCC(=O)Cc1cnn(C)c1)c1ccc(Cl)c(Cl)c1. The lowest BCUT2D eigenvalue weighted by Crippen LogP contribution is -2.08. The number of benzene rings is 1. The molecule has 0 aliphatic rings. The van der Waals surface area contributed by atoms with Crippen molar-refractivity contribution >= 4 is 34.7 Å². The van der Waals surface area contributed by atoms with Gasteiger partial charge in [0.15, 0.2) is 0 Å². The zero-order valence-electron chi connectivity index (χ0n) is 12.9. The molecule has 2 rings (SSSR count). The van der Waals surface area contributed by atoms with Crippen LogP contribution < -0.4 is 0 Å². The number of halogens is 2. The summed E-state index contributed by atoms with van der Waals surface area (Å²) in [5.41, 5.74) is 2.35. The van der Waals surface area contributed by atoms with Gasteiger partial charge in [-0.2, -0.15) is 5.10 Å². The van der Waals surface area contributed by atoms with Gasteiger partial charge in [0.2, 0.25) is 0 Å². The normalized spacial score (nSPS) is 11.6. The van der Waals surface area contributed by atoms with E-state index in [1.807, 2.05) is 13.2 Å². The zero-order valence-corrected chi connectivity index (χ0v) is 14.4. The molecule has 0 fully saturated rings. The van der Waals surface area contributed by atoms with Crippen molar-refractivity contribution in [1.82, 2.24) is 9.78 Å². The number of aromatic nitrogens is 2. The summed E-state index contributed by atoms with van der Waals surface area (Å²) in [5.74, 6) is 0.113. The van der Waals surface area contributed by atoms with E-state index in [9.17, 15) is 4.79 Å². The lowest BCUT2D eigenvalue weighted by Gasteiger charge is -2.07. The Morgan fingerprint density at radius 1 is 1.30 bits per heavy atom. The van der Waals surface area contributed by atoms with Gasteiger partial charge in [0.05, 0.1) is 22.0 Å². The number of nitrogens with zero attached hydrogens (tertiary/aromatic N) is 3. The number of Topliss-reactive ketones (excluding diaryl/α,β-unsaturated/α-hetero) is 1. The van der Waals surface area contributed by atoms with Gasteiger partial charge in [-0.1, -0.05) is 34.4 Å². The van der Waals surface area contributed by atoms with Crippen molar-refractivity contribution < 1.29 is 9.63 Å². The van der Waals surface area contributed by atoms with Crippen molar-refractivity contribution in [1.29, 1.82) is 0 Å². The van der Waals surface area contributed by atoms with E-state index in [1.165, 1.54) is 7.11 Å². The molecule has 1 aromatic carbocycles. The smallest absolute Gasteiger partial charge is 0.137 e. The number of carbonyl (C=O) groups excluding carboxylic acids is 1. The molecule has 0 aliphatic carbocycles. The Labute approximate surface area is 144 Å². The van der Waals surface area contributed by atoms with Crippen molar-refractivity contribution in [2.75, 3.05) is 7.11 Å². The van der Waals surface area contributed by atoms with Crippen LogP contribution in [0.25, 0.3) is 0 Å². The highest BCUT2D eigenvalue weighted by molar-refractivity contribution is 6.42. The van der Waals surface area contributed by atoms with Crippen LogP contribution in [0.15, 0.2) is 35.7 Å². The van der Waals surface area contributed by atoms with Crippen molar-refractivity contribution in [2.45, 2.75) is 19.3 Å². The van der Waals surface area contributed by atoms with Crippen LogP contribution in [0.5, 0.6) is 0 Å². The number of hydrogen-bond acceptors (Lipinski definition) is 4. The summed E-state index contributed by atoms with van der Waals surface area (Å²) in [7, 11) is 3.29. The van der Waals surface area contributed by atoms with Crippen LogP contribution in [0.4, 0.5) is 0 Å². The molecule has 0 radical (unpaired) electrons. The maximum absolute atomic E-state index is 12.1. The molecule has 0 saturated heterocycles. The summed E-state index contributed by atoms with van der Waals surface area (Å²) in [4.78, 5) is 17.0. The molecule has 0 bridgehead atoms. The van der Waals surface area contributed by atoms with E-state index in [4.69, 9.17) is 28.0 Å². The molecule has 23 heavy (non-hydrogen) atoms. The van der Waals surface area contributed by atoms with Crippen molar-refractivity contribution in [3.05, 3.63) is 51.8 Å². The van der Waals surface area contributed by atoms with E-state index < -0.39 is 0 Å². The molecule has 5 nitrogen and oxygen atoms in total. The van der Waals surface area contributed by atoms with Crippen LogP contribution in [-0.4, -0.2) is 28.4 Å². The van der Waals surface area contributed by atoms with Crippen LogP contribution in [0.2, 0.25) is 10.0 Å². The Hall–Kier alpha value is -1.85. The number of hydrogen-bond donors (Lipinski definition) is 0. The predicted molar refractivity (Wildman–Crippen MR) is 91.2 cm³/mol. The molecular formula is C16H17Cl2N3O2. The van der Waals surface area contributed by atoms with E-state index in [-0.39, 0.29) is 5.78 Å². The second kappa shape index (κ2) is 8.13. The van der Waals surface area contributed by atoms with Crippen LogP contribution in [-0.2, 0) is 23.1 Å². The average Bonchev–Trinajstić information content (AvgIpc) is 2.91. The largest absolute Gasteiger partial charge is 0.399 e. The predicted octanol–water partition coefficient (Wildman–Crippen LogP) is 3.67. The third-order valence-electron chi connectivity index (χ3n) is 3.25. The van der Waals surface area contributed by atoms with E-state index in [2.05, 4.69) is 10.3 Å².